The number of amides is 2. The Kier molecular flexibility index (Phi) is 5.74. The molecule has 0 bridgehead atoms. The Morgan fingerprint density at radius 3 is 2.58 bits per heavy atom. The van der Waals surface area contributed by atoms with Gasteiger partial charge in [-0.25, -0.2) is 4.79 Å². The summed E-state index contributed by atoms with van der Waals surface area (Å²) in [5.74, 6) is 0. The van der Waals surface area contributed by atoms with Crippen LogP contribution in [0.2, 0.25) is 0 Å². The van der Waals surface area contributed by atoms with Crippen molar-refractivity contribution in [3.05, 3.63) is 35.4 Å². The molecule has 0 atom stereocenters. The first kappa shape index (κ1) is 18.6. The van der Waals surface area contributed by atoms with Crippen LogP contribution in [-0.2, 0) is 11.6 Å². The Labute approximate surface area is 139 Å². The topological polar surface area (TPSA) is 52.6 Å². The summed E-state index contributed by atoms with van der Waals surface area (Å²) >= 11 is 0. The van der Waals surface area contributed by atoms with E-state index in [4.69, 9.17) is 5.11 Å². The lowest BCUT2D eigenvalue weighted by atomic mass is 9.78. The Morgan fingerprint density at radius 2 is 2.00 bits per heavy atom. The minimum Gasteiger partial charge on any atom is -0.395 e. The molecule has 1 aliphatic carbocycles. The number of nitrogens with one attached hydrogen (secondary N) is 1. The molecule has 2 N–H and O–H groups in total. The second-order valence-corrected chi connectivity index (χ2v) is 6.37. The van der Waals surface area contributed by atoms with Gasteiger partial charge in [0, 0.05) is 25.6 Å². The number of hydrogen-bond donors (Lipinski definition) is 2. The molecule has 0 unspecified atom stereocenters. The number of hydrogen-bond acceptors (Lipinski definition) is 2. The zero-order valence-electron chi connectivity index (χ0n) is 13.7. The maximum atomic E-state index is 13.0. The average molecular weight is 344 g/mol. The van der Waals surface area contributed by atoms with E-state index >= 15 is 0 Å². The maximum Gasteiger partial charge on any atom is 0.416 e. The zero-order chi connectivity index (χ0) is 17.8. The third-order valence-electron chi connectivity index (χ3n) is 4.72. The van der Waals surface area contributed by atoms with Crippen LogP contribution in [0.15, 0.2) is 24.3 Å². The fraction of sp³-hybridized carbons (Fsp3) is 0.588. The van der Waals surface area contributed by atoms with E-state index in [9.17, 15) is 18.0 Å². The van der Waals surface area contributed by atoms with Gasteiger partial charge in [-0.3, -0.25) is 0 Å². The highest BCUT2D eigenvalue weighted by molar-refractivity contribution is 5.74. The lowest BCUT2D eigenvalue weighted by molar-refractivity contribution is -0.137. The van der Waals surface area contributed by atoms with Gasteiger partial charge in [0.05, 0.1) is 12.2 Å². The van der Waals surface area contributed by atoms with Gasteiger partial charge in [-0.2, -0.15) is 13.2 Å². The molecule has 0 aliphatic heterocycles. The van der Waals surface area contributed by atoms with Gasteiger partial charge in [0.1, 0.15) is 0 Å². The molecule has 0 aromatic heterocycles. The summed E-state index contributed by atoms with van der Waals surface area (Å²) < 4.78 is 39.0. The largest absolute Gasteiger partial charge is 0.416 e. The fourth-order valence-electron chi connectivity index (χ4n) is 3.28. The standard InChI is InChI=1S/C17H23F3N2O2/c1-22(9-10-23)15(24)21-12-16(7-2-3-8-16)13-5-4-6-14(11-13)17(18,19)20/h4-6,11,23H,2-3,7-10,12H2,1H3,(H,21,24). The average Bonchev–Trinajstić information content (AvgIpc) is 3.02. The molecule has 1 aromatic rings. The van der Waals surface area contributed by atoms with E-state index in [-0.39, 0.29) is 19.2 Å². The summed E-state index contributed by atoms with van der Waals surface area (Å²) in [5.41, 5.74) is -0.494. The van der Waals surface area contributed by atoms with E-state index in [1.807, 2.05) is 0 Å². The predicted octanol–water partition coefficient (Wildman–Crippen LogP) is 3.15. The summed E-state index contributed by atoms with van der Waals surface area (Å²) in [6.07, 6.45) is -1.02. The molecule has 0 heterocycles. The lowest BCUT2D eigenvalue weighted by Crippen LogP contribution is -2.45. The summed E-state index contributed by atoms with van der Waals surface area (Å²) in [6, 6.07) is 5.08. The Bertz CT molecular complexity index is 569. The molecule has 1 saturated carbocycles. The third kappa shape index (κ3) is 4.20. The van der Waals surface area contributed by atoms with Gasteiger partial charge in [0.25, 0.3) is 0 Å². The summed E-state index contributed by atoms with van der Waals surface area (Å²) in [5, 5.41) is 11.7. The molecule has 4 nitrogen and oxygen atoms in total. The molecule has 1 fully saturated rings. The number of aliphatic hydroxyl groups excluding tert-OH is 1. The minimum absolute atomic E-state index is 0.136. The van der Waals surface area contributed by atoms with E-state index in [1.54, 1.807) is 13.1 Å². The highest BCUT2D eigenvalue weighted by Crippen LogP contribution is 2.42. The van der Waals surface area contributed by atoms with Crippen molar-refractivity contribution in [3.63, 3.8) is 0 Å². The summed E-state index contributed by atoms with van der Waals surface area (Å²) in [4.78, 5) is 13.4. The third-order valence-corrected chi connectivity index (χ3v) is 4.72. The van der Waals surface area contributed by atoms with Crippen LogP contribution in [-0.4, -0.2) is 42.8 Å². The second kappa shape index (κ2) is 7.42. The van der Waals surface area contributed by atoms with Crippen molar-refractivity contribution in [2.75, 3.05) is 26.7 Å². The van der Waals surface area contributed by atoms with Gasteiger partial charge in [-0.05, 0) is 24.5 Å². The highest BCUT2D eigenvalue weighted by Gasteiger charge is 2.38. The smallest absolute Gasteiger partial charge is 0.395 e. The zero-order valence-corrected chi connectivity index (χ0v) is 13.7. The minimum atomic E-state index is -4.37. The first-order chi connectivity index (χ1) is 11.3. The molecule has 2 rings (SSSR count). The number of benzene rings is 1. The fourth-order valence-corrected chi connectivity index (χ4v) is 3.28. The second-order valence-electron chi connectivity index (χ2n) is 6.37. The van der Waals surface area contributed by atoms with Crippen molar-refractivity contribution in [1.29, 1.82) is 0 Å². The number of aliphatic hydroxyl groups is 1. The normalized spacial score (nSPS) is 16.9. The Morgan fingerprint density at radius 1 is 1.33 bits per heavy atom. The molecule has 0 radical (unpaired) electrons. The van der Waals surface area contributed by atoms with Crippen molar-refractivity contribution >= 4 is 6.03 Å². The molecule has 0 spiro atoms. The van der Waals surface area contributed by atoms with Gasteiger partial charge >= 0.3 is 12.2 Å². The molecule has 7 heteroatoms. The van der Waals surface area contributed by atoms with Gasteiger partial charge in [0.2, 0.25) is 0 Å². The van der Waals surface area contributed by atoms with Gasteiger partial charge in [-0.15, -0.1) is 0 Å². The van der Waals surface area contributed by atoms with E-state index in [0.717, 1.165) is 31.7 Å². The number of nitrogens with zero attached hydrogens (tertiary/aromatic N) is 1. The van der Waals surface area contributed by atoms with Crippen molar-refractivity contribution in [2.24, 2.45) is 0 Å². The maximum absolute atomic E-state index is 13.0. The molecule has 134 valence electrons. The number of carbonyl (C=O) groups is 1. The van der Waals surface area contributed by atoms with Crippen molar-refractivity contribution in [2.45, 2.75) is 37.3 Å². The predicted molar refractivity (Wildman–Crippen MR) is 84.7 cm³/mol. The van der Waals surface area contributed by atoms with Crippen LogP contribution in [0.1, 0.15) is 36.8 Å². The molecule has 1 aromatic carbocycles. The number of urea groups is 1. The van der Waals surface area contributed by atoms with Gasteiger partial charge < -0.3 is 15.3 Å². The van der Waals surface area contributed by atoms with E-state index < -0.39 is 17.2 Å². The quantitative estimate of drug-likeness (QED) is 0.862. The SMILES string of the molecule is CN(CCO)C(=O)NCC1(c2cccc(C(F)(F)F)c2)CCCC1. The van der Waals surface area contributed by atoms with Gasteiger partial charge in [-0.1, -0.05) is 31.0 Å². The molecule has 0 saturated heterocycles. The van der Waals surface area contributed by atoms with Crippen molar-refractivity contribution in [3.8, 4) is 0 Å². The monoisotopic (exact) mass is 344 g/mol. The van der Waals surface area contributed by atoms with Crippen LogP contribution in [0.4, 0.5) is 18.0 Å². The van der Waals surface area contributed by atoms with Crippen molar-refractivity contribution in [1.82, 2.24) is 10.2 Å². The molecule has 24 heavy (non-hydrogen) atoms. The Balaban J connectivity index is 2.18. The van der Waals surface area contributed by atoms with E-state index in [0.29, 0.717) is 12.1 Å². The molecular weight excluding hydrogens is 321 g/mol. The molecular formula is C17H23F3N2O2. The number of carbonyl (C=O) groups excluding carboxylic acids is 1. The summed E-state index contributed by atoms with van der Waals surface area (Å²) in [6.45, 7) is 0.369. The van der Waals surface area contributed by atoms with Crippen LogP contribution >= 0.6 is 0 Å². The van der Waals surface area contributed by atoms with Crippen LogP contribution in [0.3, 0.4) is 0 Å². The highest BCUT2D eigenvalue weighted by atomic mass is 19.4. The molecule has 2 amide bonds. The first-order valence-electron chi connectivity index (χ1n) is 8.06. The first-order valence-corrected chi connectivity index (χ1v) is 8.06. The number of halogens is 3. The number of alkyl halides is 3. The lowest BCUT2D eigenvalue weighted by Gasteiger charge is -2.31. The van der Waals surface area contributed by atoms with Crippen LogP contribution < -0.4 is 5.32 Å². The van der Waals surface area contributed by atoms with Crippen LogP contribution in [0.25, 0.3) is 0 Å². The van der Waals surface area contributed by atoms with E-state index in [1.165, 1.54) is 17.0 Å². The number of likely N-dealkylation sites (N-methyl/N-ethyl adjacent to an activating group) is 1. The van der Waals surface area contributed by atoms with Gasteiger partial charge in [0.15, 0.2) is 0 Å². The summed E-state index contributed by atoms with van der Waals surface area (Å²) in [7, 11) is 1.57. The van der Waals surface area contributed by atoms with Crippen molar-refractivity contribution < 1.29 is 23.1 Å². The Hall–Kier alpha value is -1.76. The van der Waals surface area contributed by atoms with Crippen LogP contribution in [0.5, 0.6) is 0 Å². The number of rotatable bonds is 5. The van der Waals surface area contributed by atoms with E-state index in [2.05, 4.69) is 5.32 Å². The molecule has 1 aliphatic rings. The van der Waals surface area contributed by atoms with Crippen LogP contribution in [0, 0.1) is 0 Å².